The molecule has 1 atom stereocenters. The van der Waals surface area contributed by atoms with E-state index in [2.05, 4.69) is 31.9 Å². The van der Waals surface area contributed by atoms with Gasteiger partial charge in [0, 0.05) is 18.1 Å². The molecule has 0 fully saturated rings. The lowest BCUT2D eigenvalue weighted by molar-refractivity contribution is 0.218. The first kappa shape index (κ1) is 14.4. The van der Waals surface area contributed by atoms with Gasteiger partial charge in [0.25, 0.3) is 0 Å². The lowest BCUT2D eigenvalue weighted by Gasteiger charge is -2.15. The van der Waals surface area contributed by atoms with Crippen LogP contribution in [-0.4, -0.2) is 5.11 Å². The summed E-state index contributed by atoms with van der Waals surface area (Å²) in [5, 5.41) is 10.4. The Kier molecular flexibility index (Phi) is 4.80. The summed E-state index contributed by atoms with van der Waals surface area (Å²) in [5.41, 5.74) is 1.43. The number of benzene rings is 2. The Labute approximate surface area is 135 Å². The van der Waals surface area contributed by atoms with Crippen LogP contribution in [0.1, 0.15) is 17.2 Å². The van der Waals surface area contributed by atoms with Crippen molar-refractivity contribution in [2.45, 2.75) is 6.10 Å². The fourth-order valence-electron chi connectivity index (χ4n) is 1.61. The van der Waals surface area contributed by atoms with E-state index in [-0.39, 0.29) is 5.82 Å². The summed E-state index contributed by atoms with van der Waals surface area (Å²) in [7, 11) is 0. The monoisotopic (exact) mass is 484 g/mol. The number of hydrogen-bond acceptors (Lipinski definition) is 1. The van der Waals surface area contributed by atoms with Crippen LogP contribution in [0, 0.1) is 9.39 Å². The van der Waals surface area contributed by atoms with E-state index in [0.717, 1.165) is 14.5 Å². The van der Waals surface area contributed by atoms with E-state index in [1.807, 2.05) is 40.8 Å². The number of aliphatic hydroxyl groups is 1. The van der Waals surface area contributed by atoms with Crippen molar-refractivity contribution in [2.75, 3.05) is 0 Å². The summed E-state index contributed by atoms with van der Waals surface area (Å²) in [6.07, 6.45) is -0.788. The summed E-state index contributed by atoms with van der Waals surface area (Å²) in [6.45, 7) is 0. The van der Waals surface area contributed by atoms with Crippen LogP contribution in [-0.2, 0) is 0 Å². The molecule has 0 bridgehead atoms. The van der Waals surface area contributed by atoms with E-state index in [1.54, 1.807) is 6.07 Å². The zero-order valence-corrected chi connectivity index (χ0v) is 14.3. The van der Waals surface area contributed by atoms with Gasteiger partial charge in [-0.15, -0.1) is 0 Å². The molecule has 2 aromatic carbocycles. The molecule has 0 radical (unpaired) electrons. The molecule has 0 spiro atoms. The van der Waals surface area contributed by atoms with Gasteiger partial charge in [0.15, 0.2) is 0 Å². The van der Waals surface area contributed by atoms with Crippen molar-refractivity contribution in [1.29, 1.82) is 0 Å². The van der Waals surface area contributed by atoms with Crippen LogP contribution in [0.15, 0.2) is 45.3 Å². The number of aliphatic hydroxyl groups excluding tert-OH is 1. The predicted octanol–water partition coefficient (Wildman–Crippen LogP) is 5.04. The van der Waals surface area contributed by atoms with E-state index in [1.165, 1.54) is 12.1 Å². The molecular weight excluding hydrogens is 478 g/mol. The van der Waals surface area contributed by atoms with Crippen molar-refractivity contribution in [1.82, 2.24) is 0 Å². The summed E-state index contributed by atoms with van der Waals surface area (Å²) < 4.78 is 15.5. The SMILES string of the molecule is OC(c1cc(Br)ccc1Br)c1ccc(F)cc1I. The second kappa shape index (κ2) is 5.98. The van der Waals surface area contributed by atoms with Crippen molar-refractivity contribution in [3.63, 3.8) is 0 Å². The van der Waals surface area contributed by atoms with Gasteiger partial charge in [-0.2, -0.15) is 0 Å². The molecule has 2 rings (SSSR count). The third kappa shape index (κ3) is 3.12. The lowest BCUT2D eigenvalue weighted by atomic mass is 10.0. The second-order valence-electron chi connectivity index (χ2n) is 3.73. The first-order valence-corrected chi connectivity index (χ1v) is 7.73. The fourth-order valence-corrected chi connectivity index (χ4v) is 3.23. The first-order valence-electron chi connectivity index (χ1n) is 5.07. The third-order valence-electron chi connectivity index (χ3n) is 2.51. The molecule has 1 unspecified atom stereocenters. The van der Waals surface area contributed by atoms with Crippen LogP contribution in [0.2, 0.25) is 0 Å². The van der Waals surface area contributed by atoms with Crippen molar-refractivity contribution < 1.29 is 9.50 Å². The molecular formula is C13H8Br2FIO. The van der Waals surface area contributed by atoms with Gasteiger partial charge in [-0.3, -0.25) is 0 Å². The van der Waals surface area contributed by atoms with Gasteiger partial charge in [-0.05, 0) is 58.5 Å². The number of halogens is 4. The van der Waals surface area contributed by atoms with Crippen LogP contribution in [0.25, 0.3) is 0 Å². The molecule has 0 amide bonds. The van der Waals surface area contributed by atoms with E-state index in [0.29, 0.717) is 9.13 Å². The van der Waals surface area contributed by atoms with Crippen LogP contribution in [0.5, 0.6) is 0 Å². The van der Waals surface area contributed by atoms with Crippen LogP contribution in [0.4, 0.5) is 4.39 Å². The van der Waals surface area contributed by atoms with Crippen molar-refractivity contribution in [3.05, 3.63) is 65.9 Å². The quantitative estimate of drug-likeness (QED) is 0.591. The van der Waals surface area contributed by atoms with Crippen LogP contribution >= 0.6 is 54.5 Å². The zero-order valence-electron chi connectivity index (χ0n) is 9.00. The summed E-state index contributed by atoms with van der Waals surface area (Å²) in [4.78, 5) is 0. The highest BCUT2D eigenvalue weighted by molar-refractivity contribution is 14.1. The summed E-state index contributed by atoms with van der Waals surface area (Å²) >= 11 is 8.80. The Morgan fingerprint density at radius 1 is 1.06 bits per heavy atom. The lowest BCUT2D eigenvalue weighted by Crippen LogP contribution is -2.03. The molecule has 0 aliphatic rings. The molecule has 0 aliphatic carbocycles. The van der Waals surface area contributed by atoms with Crippen molar-refractivity contribution >= 4 is 54.5 Å². The topological polar surface area (TPSA) is 20.2 Å². The molecule has 1 nitrogen and oxygen atoms in total. The summed E-state index contributed by atoms with van der Waals surface area (Å²) in [6, 6.07) is 9.95. The maximum absolute atomic E-state index is 13.1. The Hall–Kier alpha value is 0.0200. The Balaban J connectivity index is 2.47. The molecule has 0 aliphatic heterocycles. The zero-order chi connectivity index (χ0) is 13.3. The molecule has 94 valence electrons. The normalized spacial score (nSPS) is 12.5. The second-order valence-corrected chi connectivity index (χ2v) is 6.67. The van der Waals surface area contributed by atoms with Crippen molar-refractivity contribution in [3.8, 4) is 0 Å². The predicted molar refractivity (Wildman–Crippen MR) is 85.0 cm³/mol. The minimum Gasteiger partial charge on any atom is -0.384 e. The largest absolute Gasteiger partial charge is 0.384 e. The Morgan fingerprint density at radius 2 is 1.78 bits per heavy atom. The fraction of sp³-hybridized carbons (Fsp3) is 0.0769. The molecule has 0 aromatic heterocycles. The van der Waals surface area contributed by atoms with Gasteiger partial charge < -0.3 is 5.11 Å². The molecule has 18 heavy (non-hydrogen) atoms. The highest BCUT2D eigenvalue weighted by atomic mass is 127. The number of hydrogen-bond donors (Lipinski definition) is 1. The van der Waals surface area contributed by atoms with Gasteiger partial charge in [-0.25, -0.2) is 4.39 Å². The summed E-state index contributed by atoms with van der Waals surface area (Å²) in [5.74, 6) is -0.302. The van der Waals surface area contributed by atoms with E-state index in [9.17, 15) is 9.50 Å². The van der Waals surface area contributed by atoms with E-state index < -0.39 is 6.10 Å². The average molecular weight is 486 g/mol. The Morgan fingerprint density at radius 3 is 2.44 bits per heavy atom. The molecule has 0 heterocycles. The maximum atomic E-state index is 13.1. The molecule has 2 aromatic rings. The highest BCUT2D eigenvalue weighted by Crippen LogP contribution is 2.33. The molecule has 0 saturated carbocycles. The highest BCUT2D eigenvalue weighted by Gasteiger charge is 2.17. The maximum Gasteiger partial charge on any atom is 0.124 e. The molecule has 0 saturated heterocycles. The van der Waals surface area contributed by atoms with Crippen LogP contribution < -0.4 is 0 Å². The van der Waals surface area contributed by atoms with Gasteiger partial charge in [0.05, 0.1) is 0 Å². The van der Waals surface area contributed by atoms with Crippen molar-refractivity contribution in [2.24, 2.45) is 0 Å². The minimum atomic E-state index is -0.788. The van der Waals surface area contributed by atoms with E-state index in [4.69, 9.17) is 0 Å². The van der Waals surface area contributed by atoms with Gasteiger partial charge in [0.1, 0.15) is 11.9 Å². The molecule has 5 heteroatoms. The molecule has 1 N–H and O–H groups in total. The Bertz CT molecular complexity index is 589. The van der Waals surface area contributed by atoms with Gasteiger partial charge in [-0.1, -0.05) is 37.9 Å². The number of rotatable bonds is 2. The van der Waals surface area contributed by atoms with Gasteiger partial charge >= 0.3 is 0 Å². The first-order chi connectivity index (χ1) is 8.49. The standard InChI is InChI=1S/C13H8Br2FIO/c14-7-1-4-11(15)10(5-7)13(18)9-3-2-8(16)6-12(9)17/h1-6,13,18H. The average Bonchev–Trinajstić information content (AvgIpc) is 2.31. The van der Waals surface area contributed by atoms with E-state index >= 15 is 0 Å². The third-order valence-corrected chi connectivity index (χ3v) is 4.66. The minimum absolute atomic E-state index is 0.302. The smallest absolute Gasteiger partial charge is 0.124 e. The van der Waals surface area contributed by atoms with Gasteiger partial charge in [0.2, 0.25) is 0 Å². The van der Waals surface area contributed by atoms with Crippen LogP contribution in [0.3, 0.4) is 0 Å².